The molecule has 2 heterocycles. The maximum absolute atomic E-state index is 12.4. The minimum Gasteiger partial charge on any atom is -0.367 e. The lowest BCUT2D eigenvalue weighted by Crippen LogP contribution is -2.42. The Morgan fingerprint density at radius 2 is 2.27 bits per heavy atom. The normalized spacial score (nSPS) is 18.0. The lowest BCUT2D eigenvalue weighted by atomic mass is 10.1. The fraction of sp³-hybridized carbons (Fsp3) is 0.312. The average Bonchev–Trinajstić information content (AvgIpc) is 3.10. The molecule has 1 aliphatic rings. The van der Waals surface area contributed by atoms with Gasteiger partial charge in [-0.2, -0.15) is 5.26 Å². The third-order valence-electron chi connectivity index (χ3n) is 3.58. The summed E-state index contributed by atoms with van der Waals surface area (Å²) in [7, 11) is 0. The van der Waals surface area contributed by atoms with Gasteiger partial charge >= 0.3 is 0 Å². The molecule has 6 heteroatoms. The molecule has 0 spiro atoms. The zero-order chi connectivity index (χ0) is 15.4. The molecule has 1 aromatic heterocycles. The van der Waals surface area contributed by atoms with Crippen molar-refractivity contribution in [2.75, 3.05) is 19.7 Å². The van der Waals surface area contributed by atoms with Gasteiger partial charge in [-0.3, -0.25) is 4.79 Å². The first kappa shape index (κ1) is 14.7. The summed E-state index contributed by atoms with van der Waals surface area (Å²) < 4.78 is 5.70. The van der Waals surface area contributed by atoms with Gasteiger partial charge in [-0.15, -0.1) is 11.3 Å². The Balaban J connectivity index is 1.63. The molecule has 3 rings (SSSR count). The fourth-order valence-corrected chi connectivity index (χ4v) is 3.08. The van der Waals surface area contributed by atoms with E-state index >= 15 is 0 Å². The molecular weight excluding hydrogens is 298 g/mol. The van der Waals surface area contributed by atoms with Crippen LogP contribution in [0, 0.1) is 11.3 Å². The highest BCUT2D eigenvalue weighted by Crippen LogP contribution is 2.24. The second-order valence-electron chi connectivity index (χ2n) is 5.06. The first-order valence-corrected chi connectivity index (χ1v) is 7.92. The van der Waals surface area contributed by atoms with Gasteiger partial charge in [0.1, 0.15) is 11.1 Å². The number of aromatic nitrogens is 1. The molecule has 112 valence electrons. The SMILES string of the molecule is N#Cc1ccc(CC(=O)N2CCOC(c3nccs3)C2)cc1. The molecular formula is C16H15N3O2S. The number of nitriles is 1. The van der Waals surface area contributed by atoms with Crippen molar-refractivity contribution in [1.29, 1.82) is 5.26 Å². The fourth-order valence-electron chi connectivity index (χ4n) is 2.40. The highest BCUT2D eigenvalue weighted by molar-refractivity contribution is 7.09. The van der Waals surface area contributed by atoms with Crippen LogP contribution in [0.25, 0.3) is 0 Å². The maximum atomic E-state index is 12.4. The van der Waals surface area contributed by atoms with Crippen molar-refractivity contribution in [1.82, 2.24) is 9.88 Å². The predicted molar refractivity (Wildman–Crippen MR) is 82.2 cm³/mol. The third-order valence-corrected chi connectivity index (χ3v) is 4.45. The van der Waals surface area contributed by atoms with Gasteiger partial charge in [0.2, 0.25) is 5.91 Å². The number of carbonyl (C=O) groups is 1. The van der Waals surface area contributed by atoms with Crippen molar-refractivity contribution < 1.29 is 9.53 Å². The van der Waals surface area contributed by atoms with Gasteiger partial charge in [-0.05, 0) is 17.7 Å². The van der Waals surface area contributed by atoms with Crippen LogP contribution in [-0.2, 0) is 16.0 Å². The van der Waals surface area contributed by atoms with E-state index < -0.39 is 0 Å². The Kier molecular flexibility index (Phi) is 4.47. The number of morpholine rings is 1. The van der Waals surface area contributed by atoms with Gasteiger partial charge in [0.05, 0.1) is 31.2 Å². The lowest BCUT2D eigenvalue weighted by Gasteiger charge is -2.32. The highest BCUT2D eigenvalue weighted by atomic mass is 32.1. The molecule has 0 N–H and O–H groups in total. The Labute approximate surface area is 132 Å². The summed E-state index contributed by atoms with van der Waals surface area (Å²) in [5.74, 6) is 0.0783. The number of thiazole rings is 1. The van der Waals surface area contributed by atoms with E-state index in [1.807, 2.05) is 22.4 Å². The van der Waals surface area contributed by atoms with Crippen LogP contribution < -0.4 is 0 Å². The number of hydrogen-bond acceptors (Lipinski definition) is 5. The van der Waals surface area contributed by atoms with E-state index in [1.54, 1.807) is 29.7 Å². The van der Waals surface area contributed by atoms with Crippen LogP contribution in [0.1, 0.15) is 22.2 Å². The highest BCUT2D eigenvalue weighted by Gasteiger charge is 2.26. The van der Waals surface area contributed by atoms with Gasteiger partial charge < -0.3 is 9.64 Å². The van der Waals surface area contributed by atoms with Crippen molar-refractivity contribution >= 4 is 17.2 Å². The molecule has 1 unspecified atom stereocenters. The number of amides is 1. The van der Waals surface area contributed by atoms with Crippen molar-refractivity contribution in [3.8, 4) is 6.07 Å². The van der Waals surface area contributed by atoms with Crippen molar-refractivity contribution in [2.45, 2.75) is 12.5 Å². The van der Waals surface area contributed by atoms with Crippen LogP contribution in [-0.4, -0.2) is 35.5 Å². The molecule has 1 aromatic carbocycles. The van der Waals surface area contributed by atoms with E-state index in [2.05, 4.69) is 11.1 Å². The van der Waals surface area contributed by atoms with Crippen LogP contribution in [0.4, 0.5) is 0 Å². The summed E-state index contributed by atoms with van der Waals surface area (Å²) in [6.07, 6.45) is 1.97. The van der Waals surface area contributed by atoms with Gasteiger partial charge in [0, 0.05) is 18.1 Å². The topological polar surface area (TPSA) is 66.2 Å². The molecule has 2 aromatic rings. The molecule has 1 amide bonds. The zero-order valence-electron chi connectivity index (χ0n) is 11.9. The number of hydrogen-bond donors (Lipinski definition) is 0. The molecule has 1 aliphatic heterocycles. The summed E-state index contributed by atoms with van der Waals surface area (Å²) in [5.41, 5.74) is 1.52. The first-order chi connectivity index (χ1) is 10.8. The summed E-state index contributed by atoms with van der Waals surface area (Å²) >= 11 is 1.55. The van der Waals surface area contributed by atoms with Crippen molar-refractivity contribution in [3.63, 3.8) is 0 Å². The Hall–Kier alpha value is -2.23. The van der Waals surface area contributed by atoms with Crippen LogP contribution >= 0.6 is 11.3 Å². The minimum atomic E-state index is -0.126. The second-order valence-corrected chi connectivity index (χ2v) is 5.98. The van der Waals surface area contributed by atoms with E-state index in [4.69, 9.17) is 10.00 Å². The van der Waals surface area contributed by atoms with E-state index in [9.17, 15) is 4.79 Å². The average molecular weight is 313 g/mol. The van der Waals surface area contributed by atoms with Crippen molar-refractivity contribution in [3.05, 3.63) is 52.0 Å². The van der Waals surface area contributed by atoms with Crippen molar-refractivity contribution in [2.24, 2.45) is 0 Å². The molecule has 5 nitrogen and oxygen atoms in total. The zero-order valence-corrected chi connectivity index (χ0v) is 12.8. The van der Waals surface area contributed by atoms with Crippen LogP contribution in [0.15, 0.2) is 35.8 Å². The van der Waals surface area contributed by atoms with E-state index in [1.165, 1.54) is 0 Å². The van der Waals surface area contributed by atoms with Crippen LogP contribution in [0.3, 0.4) is 0 Å². The molecule has 0 saturated carbocycles. The molecule has 22 heavy (non-hydrogen) atoms. The second kappa shape index (κ2) is 6.69. The third kappa shape index (κ3) is 3.32. The number of nitrogens with zero attached hydrogens (tertiary/aromatic N) is 3. The van der Waals surface area contributed by atoms with E-state index in [0.717, 1.165) is 10.6 Å². The van der Waals surface area contributed by atoms with Gasteiger partial charge in [-0.1, -0.05) is 12.1 Å². The Morgan fingerprint density at radius 3 is 2.95 bits per heavy atom. The number of ether oxygens (including phenoxy) is 1. The Bertz CT molecular complexity index is 676. The Morgan fingerprint density at radius 1 is 1.45 bits per heavy atom. The summed E-state index contributed by atoms with van der Waals surface area (Å²) in [4.78, 5) is 18.5. The quantitative estimate of drug-likeness (QED) is 0.871. The monoisotopic (exact) mass is 313 g/mol. The molecule has 0 radical (unpaired) electrons. The van der Waals surface area contributed by atoms with E-state index in [-0.39, 0.29) is 12.0 Å². The van der Waals surface area contributed by atoms with Crippen LogP contribution in [0.5, 0.6) is 0 Å². The summed E-state index contributed by atoms with van der Waals surface area (Å²) in [6.45, 7) is 1.68. The smallest absolute Gasteiger partial charge is 0.227 e. The molecule has 1 fully saturated rings. The summed E-state index contributed by atoms with van der Waals surface area (Å²) in [5, 5.41) is 11.6. The van der Waals surface area contributed by atoms with Gasteiger partial charge in [-0.25, -0.2) is 4.98 Å². The predicted octanol–water partition coefficient (Wildman–Crippen LogP) is 2.16. The molecule has 0 bridgehead atoms. The van der Waals surface area contributed by atoms with E-state index in [0.29, 0.717) is 31.7 Å². The number of benzene rings is 1. The number of carbonyl (C=O) groups excluding carboxylic acids is 1. The van der Waals surface area contributed by atoms with Gasteiger partial charge in [0.15, 0.2) is 0 Å². The maximum Gasteiger partial charge on any atom is 0.227 e. The standard InChI is InChI=1S/C16H15N3O2S/c17-10-13-3-1-12(2-4-13)9-15(20)19-6-7-21-14(11-19)16-18-5-8-22-16/h1-5,8,14H,6-7,9,11H2. The number of rotatable bonds is 3. The summed E-state index contributed by atoms with van der Waals surface area (Å²) in [6, 6.07) is 9.20. The molecule has 0 aliphatic carbocycles. The molecule has 1 saturated heterocycles. The first-order valence-electron chi connectivity index (χ1n) is 7.04. The molecule has 1 atom stereocenters. The van der Waals surface area contributed by atoms with Crippen LogP contribution in [0.2, 0.25) is 0 Å². The minimum absolute atomic E-state index is 0.0783. The largest absolute Gasteiger partial charge is 0.367 e. The lowest BCUT2D eigenvalue weighted by molar-refractivity contribution is -0.138. The van der Waals surface area contributed by atoms with Gasteiger partial charge in [0.25, 0.3) is 0 Å².